The molecule has 1 fully saturated rings. The Bertz CT molecular complexity index is 1110. The van der Waals surface area contributed by atoms with E-state index in [1.165, 1.54) is 32.4 Å². The van der Waals surface area contributed by atoms with E-state index in [0.717, 1.165) is 0 Å². The molecule has 168 valence electrons. The monoisotopic (exact) mass is 442 g/mol. The highest BCUT2D eigenvalue weighted by Crippen LogP contribution is 2.48. The van der Waals surface area contributed by atoms with Crippen LogP contribution in [0.1, 0.15) is 18.4 Å². The Hall–Kier alpha value is -3.66. The van der Waals surface area contributed by atoms with Gasteiger partial charge in [-0.3, -0.25) is 19.7 Å². The van der Waals surface area contributed by atoms with Crippen molar-refractivity contribution in [3.05, 3.63) is 47.8 Å². The third-order valence-electron chi connectivity index (χ3n) is 5.92. The summed E-state index contributed by atoms with van der Waals surface area (Å²) >= 11 is 0. The van der Waals surface area contributed by atoms with E-state index < -0.39 is 41.0 Å². The molecular formula is C22H23FN4O5. The zero-order chi connectivity index (χ0) is 23.0. The number of carbonyl (C=O) groups is 3. The second-order valence-corrected chi connectivity index (χ2v) is 7.81. The number of primary amides is 1. The highest BCUT2D eigenvalue weighted by atomic mass is 19.1. The predicted molar refractivity (Wildman–Crippen MR) is 114 cm³/mol. The molecule has 3 amide bonds. The third kappa shape index (κ3) is 3.52. The van der Waals surface area contributed by atoms with Gasteiger partial charge in [0.25, 0.3) is 0 Å². The number of hydrogen-bond acceptors (Lipinski definition) is 6. The molecule has 1 saturated heterocycles. The number of rotatable bonds is 6. The molecule has 0 aliphatic carbocycles. The number of fused-ring (bicyclic) bond motifs is 2. The van der Waals surface area contributed by atoms with Crippen LogP contribution in [-0.4, -0.2) is 38.0 Å². The predicted octanol–water partition coefficient (Wildman–Crippen LogP) is 1.48. The number of halogens is 1. The van der Waals surface area contributed by atoms with E-state index in [2.05, 4.69) is 16.0 Å². The average Bonchev–Trinajstić information content (AvgIpc) is 3.26. The van der Waals surface area contributed by atoms with Crippen LogP contribution in [0.3, 0.4) is 0 Å². The molecule has 1 spiro atoms. The first kappa shape index (κ1) is 21.6. The van der Waals surface area contributed by atoms with Gasteiger partial charge in [-0.25, -0.2) is 4.39 Å². The molecule has 4 rings (SSSR count). The van der Waals surface area contributed by atoms with Gasteiger partial charge in [-0.05, 0) is 36.8 Å². The fraction of sp³-hybridized carbons (Fsp3) is 0.318. The van der Waals surface area contributed by atoms with Crippen LogP contribution in [0.4, 0.5) is 15.8 Å². The summed E-state index contributed by atoms with van der Waals surface area (Å²) in [7, 11) is 2.95. The summed E-state index contributed by atoms with van der Waals surface area (Å²) in [6, 6.07) is 8.26. The maximum absolute atomic E-state index is 14.1. The zero-order valence-corrected chi connectivity index (χ0v) is 17.5. The van der Waals surface area contributed by atoms with Crippen molar-refractivity contribution in [1.82, 2.24) is 5.32 Å². The van der Waals surface area contributed by atoms with Gasteiger partial charge in [0.2, 0.25) is 17.7 Å². The summed E-state index contributed by atoms with van der Waals surface area (Å²) in [6.07, 6.45) is 0.0658. The number of nitrogens with one attached hydrogen (secondary N) is 3. The SMILES string of the molecule is COc1ccc(OC)c(NC(=O)C2CC(CC(N)=O)NC23C(=O)Nc2ccc(F)cc23)c1. The summed E-state index contributed by atoms with van der Waals surface area (Å²) in [5.41, 5.74) is 4.87. The quantitative estimate of drug-likeness (QED) is 0.536. The second-order valence-electron chi connectivity index (χ2n) is 7.81. The Morgan fingerprint density at radius 3 is 2.69 bits per heavy atom. The number of hydrogen-bond donors (Lipinski definition) is 4. The first-order valence-electron chi connectivity index (χ1n) is 9.99. The van der Waals surface area contributed by atoms with Crippen molar-refractivity contribution in [2.75, 3.05) is 24.9 Å². The van der Waals surface area contributed by atoms with Crippen molar-refractivity contribution in [2.24, 2.45) is 11.7 Å². The van der Waals surface area contributed by atoms with E-state index >= 15 is 0 Å². The molecular weight excluding hydrogens is 419 g/mol. The first-order valence-corrected chi connectivity index (χ1v) is 9.99. The molecule has 2 aromatic rings. The Morgan fingerprint density at radius 1 is 1.22 bits per heavy atom. The summed E-state index contributed by atoms with van der Waals surface area (Å²) in [6.45, 7) is 0. The maximum atomic E-state index is 14.1. The van der Waals surface area contributed by atoms with Gasteiger partial charge in [0.05, 0.1) is 25.8 Å². The Labute approximate surface area is 183 Å². The summed E-state index contributed by atoms with van der Waals surface area (Å²) in [4.78, 5) is 38.2. The topological polar surface area (TPSA) is 132 Å². The zero-order valence-electron chi connectivity index (χ0n) is 17.5. The lowest BCUT2D eigenvalue weighted by atomic mass is 9.79. The minimum absolute atomic E-state index is 0.0774. The van der Waals surface area contributed by atoms with Gasteiger partial charge < -0.3 is 25.8 Å². The Balaban J connectivity index is 1.75. The van der Waals surface area contributed by atoms with E-state index in [1.807, 2.05) is 0 Å². The fourth-order valence-corrected chi connectivity index (χ4v) is 4.54. The fourth-order valence-electron chi connectivity index (χ4n) is 4.54. The van der Waals surface area contributed by atoms with E-state index in [4.69, 9.17) is 15.2 Å². The number of carbonyl (C=O) groups excluding carboxylic acids is 3. The number of benzene rings is 2. The Kier molecular flexibility index (Phi) is 5.47. The van der Waals surface area contributed by atoms with Gasteiger partial charge in [0.1, 0.15) is 22.9 Å². The van der Waals surface area contributed by atoms with Crippen molar-refractivity contribution in [3.63, 3.8) is 0 Å². The first-order chi connectivity index (χ1) is 15.3. The molecule has 3 atom stereocenters. The number of methoxy groups -OCH3 is 2. The molecule has 2 aliphatic rings. The largest absolute Gasteiger partial charge is 0.497 e. The van der Waals surface area contributed by atoms with Crippen molar-refractivity contribution in [3.8, 4) is 11.5 Å². The molecule has 2 aromatic carbocycles. The van der Waals surface area contributed by atoms with Gasteiger partial charge in [0, 0.05) is 29.8 Å². The smallest absolute Gasteiger partial charge is 0.250 e. The van der Waals surface area contributed by atoms with Crippen LogP contribution in [0.15, 0.2) is 36.4 Å². The lowest BCUT2D eigenvalue weighted by Gasteiger charge is -2.29. The van der Waals surface area contributed by atoms with Crippen LogP contribution in [0, 0.1) is 11.7 Å². The summed E-state index contributed by atoms with van der Waals surface area (Å²) in [5.74, 6) is -2.18. The van der Waals surface area contributed by atoms with Crippen LogP contribution in [0.25, 0.3) is 0 Å². The molecule has 0 radical (unpaired) electrons. The van der Waals surface area contributed by atoms with Gasteiger partial charge in [-0.1, -0.05) is 0 Å². The van der Waals surface area contributed by atoms with E-state index in [1.54, 1.807) is 18.2 Å². The molecule has 2 heterocycles. The van der Waals surface area contributed by atoms with Crippen molar-refractivity contribution in [1.29, 1.82) is 0 Å². The molecule has 3 unspecified atom stereocenters. The van der Waals surface area contributed by atoms with E-state index in [0.29, 0.717) is 28.4 Å². The normalized spacial score (nSPS) is 23.5. The maximum Gasteiger partial charge on any atom is 0.250 e. The van der Waals surface area contributed by atoms with Crippen LogP contribution in [-0.2, 0) is 19.9 Å². The molecule has 10 heteroatoms. The summed E-state index contributed by atoms with van der Waals surface area (Å²) in [5, 5.41) is 8.61. The highest BCUT2D eigenvalue weighted by molar-refractivity contribution is 6.11. The second kappa shape index (κ2) is 8.12. The van der Waals surface area contributed by atoms with Gasteiger partial charge in [-0.15, -0.1) is 0 Å². The Morgan fingerprint density at radius 2 is 2.00 bits per heavy atom. The number of amides is 3. The standard InChI is InChI=1S/C22H23FN4O5/c1-31-13-4-6-18(32-2)17(10-13)25-20(29)15-8-12(9-19(24)28)27-22(15)14-7-11(23)3-5-16(14)26-21(22)30/h3-7,10,12,15,27H,8-9H2,1-2H3,(H2,24,28)(H,25,29)(H,26,30). The van der Waals surface area contributed by atoms with Crippen LogP contribution >= 0.6 is 0 Å². The summed E-state index contributed by atoms with van der Waals surface area (Å²) < 4.78 is 24.7. The van der Waals surface area contributed by atoms with Gasteiger partial charge >= 0.3 is 0 Å². The van der Waals surface area contributed by atoms with Gasteiger partial charge in [-0.2, -0.15) is 0 Å². The highest BCUT2D eigenvalue weighted by Gasteiger charge is 2.60. The van der Waals surface area contributed by atoms with Crippen molar-refractivity contribution >= 4 is 29.1 Å². The number of ether oxygens (including phenoxy) is 2. The van der Waals surface area contributed by atoms with Crippen LogP contribution in [0.5, 0.6) is 11.5 Å². The number of anilines is 2. The van der Waals surface area contributed by atoms with Crippen LogP contribution < -0.4 is 31.2 Å². The average molecular weight is 442 g/mol. The molecule has 9 nitrogen and oxygen atoms in total. The number of nitrogens with two attached hydrogens (primary N) is 1. The van der Waals surface area contributed by atoms with Crippen LogP contribution in [0.2, 0.25) is 0 Å². The van der Waals surface area contributed by atoms with Crippen molar-refractivity contribution < 1.29 is 28.2 Å². The van der Waals surface area contributed by atoms with Crippen molar-refractivity contribution in [2.45, 2.75) is 24.4 Å². The van der Waals surface area contributed by atoms with Gasteiger partial charge in [0.15, 0.2) is 0 Å². The molecule has 2 aliphatic heterocycles. The third-order valence-corrected chi connectivity index (χ3v) is 5.92. The molecule has 5 N–H and O–H groups in total. The minimum atomic E-state index is -1.55. The molecule has 32 heavy (non-hydrogen) atoms. The molecule has 0 saturated carbocycles. The molecule has 0 aromatic heterocycles. The lowest BCUT2D eigenvalue weighted by molar-refractivity contribution is -0.130. The minimum Gasteiger partial charge on any atom is -0.497 e. The van der Waals surface area contributed by atoms with E-state index in [9.17, 15) is 18.8 Å². The van der Waals surface area contributed by atoms with E-state index in [-0.39, 0.29) is 12.8 Å². The lowest BCUT2D eigenvalue weighted by Crippen LogP contribution is -2.52. The molecule has 0 bridgehead atoms.